The SMILES string of the molecule is COc1ccc(-c2csc(NC(=O)c3ccc(Br)o3)n2)cc1OC. The lowest BCUT2D eigenvalue weighted by atomic mass is 10.1. The second-order valence-corrected chi connectivity index (χ2v) is 6.31. The van der Waals surface area contributed by atoms with Crippen molar-refractivity contribution in [3.8, 4) is 22.8 Å². The van der Waals surface area contributed by atoms with Crippen molar-refractivity contribution in [2.24, 2.45) is 0 Å². The van der Waals surface area contributed by atoms with Crippen LogP contribution in [0.25, 0.3) is 11.3 Å². The molecule has 1 amide bonds. The molecule has 0 saturated heterocycles. The summed E-state index contributed by atoms with van der Waals surface area (Å²) in [5, 5.41) is 5.05. The smallest absolute Gasteiger partial charge is 0.293 e. The Morgan fingerprint density at radius 2 is 2.00 bits per heavy atom. The highest BCUT2D eigenvalue weighted by atomic mass is 79.9. The lowest BCUT2D eigenvalue weighted by Crippen LogP contribution is -2.10. The molecule has 2 heterocycles. The van der Waals surface area contributed by atoms with Gasteiger partial charge in [0.15, 0.2) is 27.1 Å². The fourth-order valence-corrected chi connectivity index (χ4v) is 3.08. The molecule has 3 aromatic rings. The lowest BCUT2D eigenvalue weighted by Gasteiger charge is -2.08. The van der Waals surface area contributed by atoms with E-state index in [9.17, 15) is 4.79 Å². The standard InChI is InChI=1S/C16H13BrN2O4S/c1-21-11-4-3-9(7-13(11)22-2)10-8-24-16(18-10)19-15(20)12-5-6-14(17)23-12/h3-8H,1-2H3,(H,18,19,20). The Labute approximate surface area is 150 Å². The quantitative estimate of drug-likeness (QED) is 0.675. The molecule has 0 bridgehead atoms. The van der Waals surface area contributed by atoms with Crippen molar-refractivity contribution in [3.63, 3.8) is 0 Å². The van der Waals surface area contributed by atoms with E-state index < -0.39 is 0 Å². The summed E-state index contributed by atoms with van der Waals surface area (Å²) in [7, 11) is 3.16. The number of furan rings is 1. The van der Waals surface area contributed by atoms with E-state index in [0.717, 1.165) is 11.3 Å². The molecular weight excluding hydrogens is 396 g/mol. The van der Waals surface area contributed by atoms with Gasteiger partial charge in [-0.3, -0.25) is 10.1 Å². The molecule has 3 rings (SSSR count). The van der Waals surface area contributed by atoms with Crippen molar-refractivity contribution in [2.75, 3.05) is 19.5 Å². The van der Waals surface area contributed by atoms with Gasteiger partial charge in [0.05, 0.1) is 19.9 Å². The van der Waals surface area contributed by atoms with Gasteiger partial charge in [-0.2, -0.15) is 0 Å². The molecule has 0 spiro atoms. The van der Waals surface area contributed by atoms with Crippen molar-refractivity contribution >= 4 is 38.3 Å². The summed E-state index contributed by atoms with van der Waals surface area (Å²) < 4.78 is 16.2. The van der Waals surface area contributed by atoms with Gasteiger partial charge in [-0.1, -0.05) is 0 Å². The first-order chi connectivity index (χ1) is 11.6. The minimum atomic E-state index is -0.353. The van der Waals surface area contributed by atoms with E-state index in [-0.39, 0.29) is 11.7 Å². The van der Waals surface area contributed by atoms with E-state index in [0.29, 0.717) is 21.3 Å². The maximum Gasteiger partial charge on any atom is 0.293 e. The maximum atomic E-state index is 12.1. The molecule has 1 aromatic carbocycles. The van der Waals surface area contributed by atoms with Crippen LogP contribution >= 0.6 is 27.3 Å². The summed E-state index contributed by atoms with van der Waals surface area (Å²) in [4.78, 5) is 16.5. The highest BCUT2D eigenvalue weighted by molar-refractivity contribution is 9.10. The Morgan fingerprint density at radius 1 is 1.21 bits per heavy atom. The zero-order valence-electron chi connectivity index (χ0n) is 12.8. The summed E-state index contributed by atoms with van der Waals surface area (Å²) in [5.74, 6) is 1.13. The Hall–Kier alpha value is -2.32. The number of hydrogen-bond acceptors (Lipinski definition) is 6. The molecule has 0 aliphatic heterocycles. The highest BCUT2D eigenvalue weighted by Gasteiger charge is 2.14. The van der Waals surface area contributed by atoms with Gasteiger partial charge in [-0.05, 0) is 46.3 Å². The summed E-state index contributed by atoms with van der Waals surface area (Å²) in [5.41, 5.74) is 1.60. The Morgan fingerprint density at radius 3 is 2.67 bits per heavy atom. The van der Waals surface area contributed by atoms with Crippen LogP contribution < -0.4 is 14.8 Å². The summed E-state index contributed by atoms with van der Waals surface area (Å²) in [6.45, 7) is 0. The second-order valence-electron chi connectivity index (χ2n) is 4.67. The number of methoxy groups -OCH3 is 2. The summed E-state index contributed by atoms with van der Waals surface area (Å²) in [6.07, 6.45) is 0. The van der Waals surface area contributed by atoms with Crippen LogP contribution in [0.3, 0.4) is 0 Å². The van der Waals surface area contributed by atoms with Crippen molar-refractivity contribution in [1.29, 1.82) is 0 Å². The van der Waals surface area contributed by atoms with Gasteiger partial charge in [0.2, 0.25) is 0 Å². The molecule has 0 saturated carbocycles. The number of benzene rings is 1. The second kappa shape index (κ2) is 7.06. The van der Waals surface area contributed by atoms with E-state index in [1.54, 1.807) is 26.4 Å². The van der Waals surface area contributed by atoms with Crippen LogP contribution in [-0.2, 0) is 0 Å². The third-order valence-electron chi connectivity index (χ3n) is 3.20. The third-order valence-corrected chi connectivity index (χ3v) is 4.38. The first-order valence-electron chi connectivity index (χ1n) is 6.85. The van der Waals surface area contributed by atoms with Crippen LogP contribution in [-0.4, -0.2) is 25.1 Å². The van der Waals surface area contributed by atoms with Crippen LogP contribution in [0.15, 0.2) is 44.8 Å². The first-order valence-corrected chi connectivity index (χ1v) is 8.52. The number of anilines is 1. The lowest BCUT2D eigenvalue weighted by molar-refractivity contribution is 0.0995. The van der Waals surface area contributed by atoms with E-state index in [4.69, 9.17) is 13.9 Å². The number of halogens is 1. The van der Waals surface area contributed by atoms with Crippen LogP contribution in [0.1, 0.15) is 10.6 Å². The largest absolute Gasteiger partial charge is 0.493 e. The normalized spacial score (nSPS) is 10.5. The van der Waals surface area contributed by atoms with Crippen molar-refractivity contribution in [2.45, 2.75) is 0 Å². The van der Waals surface area contributed by atoms with Crippen LogP contribution in [0.5, 0.6) is 11.5 Å². The molecule has 1 N–H and O–H groups in total. The van der Waals surface area contributed by atoms with Crippen LogP contribution in [0.2, 0.25) is 0 Å². The predicted molar refractivity (Wildman–Crippen MR) is 95.0 cm³/mol. The first kappa shape index (κ1) is 16.5. The predicted octanol–water partition coefficient (Wildman–Crippen LogP) is 4.44. The third kappa shape index (κ3) is 3.44. The van der Waals surface area contributed by atoms with Gasteiger partial charge in [0.1, 0.15) is 0 Å². The average Bonchev–Trinajstić information content (AvgIpc) is 3.23. The molecule has 0 atom stereocenters. The van der Waals surface area contributed by atoms with Gasteiger partial charge >= 0.3 is 0 Å². The minimum Gasteiger partial charge on any atom is -0.493 e. The molecule has 0 fully saturated rings. The van der Waals surface area contributed by atoms with Crippen LogP contribution in [0, 0.1) is 0 Å². The average molecular weight is 409 g/mol. The molecule has 124 valence electrons. The van der Waals surface area contributed by atoms with Crippen molar-refractivity contribution in [3.05, 3.63) is 46.1 Å². The molecule has 0 aliphatic rings. The van der Waals surface area contributed by atoms with Gasteiger partial charge in [-0.25, -0.2) is 4.98 Å². The number of carbonyl (C=O) groups is 1. The zero-order chi connectivity index (χ0) is 17.1. The molecule has 24 heavy (non-hydrogen) atoms. The number of nitrogens with one attached hydrogen (secondary N) is 1. The van der Waals surface area contributed by atoms with Gasteiger partial charge in [0, 0.05) is 10.9 Å². The monoisotopic (exact) mass is 408 g/mol. The highest BCUT2D eigenvalue weighted by Crippen LogP contribution is 2.33. The number of nitrogens with zero attached hydrogens (tertiary/aromatic N) is 1. The van der Waals surface area contributed by atoms with E-state index >= 15 is 0 Å². The van der Waals surface area contributed by atoms with E-state index in [2.05, 4.69) is 26.2 Å². The molecule has 0 aliphatic carbocycles. The number of hydrogen-bond donors (Lipinski definition) is 1. The Balaban J connectivity index is 1.79. The molecule has 8 heteroatoms. The number of thiazole rings is 1. The van der Waals surface area contributed by atoms with Crippen molar-refractivity contribution < 1.29 is 18.7 Å². The number of amides is 1. The molecular formula is C16H13BrN2O4S. The van der Waals surface area contributed by atoms with E-state index in [1.165, 1.54) is 11.3 Å². The Bertz CT molecular complexity index is 875. The molecule has 2 aromatic heterocycles. The molecule has 0 unspecified atom stereocenters. The number of rotatable bonds is 5. The van der Waals surface area contributed by atoms with Gasteiger partial charge in [-0.15, -0.1) is 11.3 Å². The number of carbonyl (C=O) groups excluding carboxylic acids is 1. The number of ether oxygens (including phenoxy) is 2. The van der Waals surface area contributed by atoms with E-state index in [1.807, 2.05) is 23.6 Å². The fraction of sp³-hybridized carbons (Fsp3) is 0.125. The summed E-state index contributed by atoms with van der Waals surface area (Å²) >= 11 is 4.49. The van der Waals surface area contributed by atoms with Crippen LogP contribution in [0.4, 0.5) is 5.13 Å². The van der Waals surface area contributed by atoms with Gasteiger partial charge in [0.25, 0.3) is 5.91 Å². The number of aromatic nitrogens is 1. The topological polar surface area (TPSA) is 73.6 Å². The molecule has 6 nitrogen and oxygen atoms in total. The fourth-order valence-electron chi connectivity index (χ4n) is 2.05. The maximum absolute atomic E-state index is 12.1. The minimum absolute atomic E-state index is 0.213. The Kier molecular flexibility index (Phi) is 4.86. The summed E-state index contributed by atoms with van der Waals surface area (Å²) in [6, 6.07) is 8.77. The van der Waals surface area contributed by atoms with Crippen molar-refractivity contribution in [1.82, 2.24) is 4.98 Å². The molecule has 0 radical (unpaired) electrons. The van der Waals surface area contributed by atoms with Gasteiger partial charge < -0.3 is 13.9 Å². The zero-order valence-corrected chi connectivity index (χ0v) is 15.2.